The summed E-state index contributed by atoms with van der Waals surface area (Å²) in [5, 5.41) is 3.23. The Morgan fingerprint density at radius 2 is 2.06 bits per heavy atom. The Bertz CT molecular complexity index is 353. The van der Waals surface area contributed by atoms with Crippen LogP contribution in [-0.4, -0.2) is 36.8 Å². The van der Waals surface area contributed by atoms with E-state index in [2.05, 4.69) is 29.1 Å². The first-order valence-electron chi connectivity index (χ1n) is 6.07. The molecule has 4 heteroatoms. The molecule has 0 aliphatic heterocycles. The first kappa shape index (κ1) is 14.1. The Kier molecular flexibility index (Phi) is 5.51. The maximum Gasteiger partial charge on any atom is 0.131 e. The van der Waals surface area contributed by atoms with E-state index in [0.717, 1.165) is 23.6 Å². The Hall–Kier alpha value is -1.00. The topological polar surface area (TPSA) is 47.0 Å². The van der Waals surface area contributed by atoms with Gasteiger partial charge < -0.3 is 10.1 Å². The number of ether oxygens (including phenoxy) is 1. The van der Waals surface area contributed by atoms with Crippen LogP contribution >= 0.6 is 0 Å². The molecule has 17 heavy (non-hydrogen) atoms. The predicted octanol–water partition coefficient (Wildman–Crippen LogP) is 1.69. The van der Waals surface area contributed by atoms with Crippen LogP contribution in [0.15, 0.2) is 6.07 Å². The number of aromatic nitrogens is 2. The normalized spacial score (nSPS) is 13.1. The number of hydrogen-bond acceptors (Lipinski definition) is 4. The lowest BCUT2D eigenvalue weighted by molar-refractivity contribution is 0.169. The van der Waals surface area contributed by atoms with Gasteiger partial charge in [0.05, 0.1) is 6.61 Å². The SMILES string of the molecule is CNC(COC)Cc1cc(C)nc(C(C)C)n1. The minimum atomic E-state index is 0.300. The molecule has 0 saturated heterocycles. The average Bonchev–Trinajstić information content (AvgIpc) is 2.27. The van der Waals surface area contributed by atoms with Crippen molar-refractivity contribution in [2.45, 2.75) is 39.2 Å². The molecule has 0 radical (unpaired) electrons. The fourth-order valence-electron chi connectivity index (χ4n) is 1.72. The van der Waals surface area contributed by atoms with Crippen LogP contribution < -0.4 is 5.32 Å². The predicted molar refractivity (Wildman–Crippen MR) is 69.3 cm³/mol. The first-order chi connectivity index (χ1) is 8.06. The number of hydrogen-bond donors (Lipinski definition) is 1. The standard InChI is InChI=1S/C13H23N3O/c1-9(2)13-15-10(3)6-11(16-13)7-12(14-4)8-17-5/h6,9,12,14H,7-8H2,1-5H3. The molecule has 1 unspecified atom stereocenters. The van der Waals surface area contributed by atoms with Crippen LogP contribution in [0.3, 0.4) is 0 Å². The van der Waals surface area contributed by atoms with E-state index in [1.807, 2.05) is 20.0 Å². The van der Waals surface area contributed by atoms with E-state index >= 15 is 0 Å². The Balaban J connectivity index is 2.82. The molecule has 0 aliphatic rings. The second-order valence-electron chi connectivity index (χ2n) is 4.66. The monoisotopic (exact) mass is 237 g/mol. The van der Waals surface area contributed by atoms with E-state index in [-0.39, 0.29) is 0 Å². The van der Waals surface area contributed by atoms with Crippen molar-refractivity contribution in [2.75, 3.05) is 20.8 Å². The van der Waals surface area contributed by atoms with Gasteiger partial charge >= 0.3 is 0 Å². The van der Waals surface area contributed by atoms with Crippen LogP contribution in [0.25, 0.3) is 0 Å². The Labute approximate surface area is 104 Å². The summed E-state index contributed by atoms with van der Waals surface area (Å²) in [4.78, 5) is 9.05. The van der Waals surface area contributed by atoms with Gasteiger partial charge in [0, 0.05) is 36.9 Å². The van der Waals surface area contributed by atoms with Gasteiger partial charge in [0.1, 0.15) is 5.82 Å². The molecule has 4 nitrogen and oxygen atoms in total. The van der Waals surface area contributed by atoms with Gasteiger partial charge in [0.25, 0.3) is 0 Å². The van der Waals surface area contributed by atoms with E-state index in [9.17, 15) is 0 Å². The summed E-state index contributed by atoms with van der Waals surface area (Å²) >= 11 is 0. The molecule has 0 saturated carbocycles. The second kappa shape index (κ2) is 6.67. The minimum Gasteiger partial charge on any atom is -0.383 e. The zero-order valence-electron chi connectivity index (χ0n) is 11.4. The third-order valence-electron chi connectivity index (χ3n) is 2.67. The maximum absolute atomic E-state index is 5.17. The number of methoxy groups -OCH3 is 1. The highest BCUT2D eigenvalue weighted by atomic mass is 16.5. The highest BCUT2D eigenvalue weighted by Crippen LogP contribution is 2.11. The molecule has 0 bridgehead atoms. The van der Waals surface area contributed by atoms with Crippen LogP contribution in [0.4, 0.5) is 0 Å². The summed E-state index contributed by atoms with van der Waals surface area (Å²) in [5.41, 5.74) is 2.11. The fraction of sp³-hybridized carbons (Fsp3) is 0.692. The molecule has 0 aromatic carbocycles. The highest BCUT2D eigenvalue weighted by molar-refractivity contribution is 5.13. The van der Waals surface area contributed by atoms with Gasteiger partial charge in [-0.1, -0.05) is 13.8 Å². The summed E-state index contributed by atoms with van der Waals surface area (Å²) < 4.78 is 5.17. The summed E-state index contributed by atoms with van der Waals surface area (Å²) in [7, 11) is 3.66. The smallest absolute Gasteiger partial charge is 0.131 e. The van der Waals surface area contributed by atoms with E-state index in [0.29, 0.717) is 18.6 Å². The molecule has 1 N–H and O–H groups in total. The maximum atomic E-state index is 5.17. The molecule has 0 fully saturated rings. The minimum absolute atomic E-state index is 0.300. The molecule has 0 aliphatic carbocycles. The second-order valence-corrected chi connectivity index (χ2v) is 4.66. The molecule has 1 aromatic heterocycles. The third-order valence-corrected chi connectivity index (χ3v) is 2.67. The molecule has 0 spiro atoms. The largest absolute Gasteiger partial charge is 0.383 e. The van der Waals surface area contributed by atoms with Crippen molar-refractivity contribution in [1.82, 2.24) is 15.3 Å². The summed E-state index contributed by atoms with van der Waals surface area (Å²) in [6.07, 6.45) is 0.868. The van der Waals surface area contributed by atoms with Crippen LogP contribution in [0.1, 0.15) is 37.0 Å². The molecule has 96 valence electrons. The number of likely N-dealkylation sites (N-methyl/N-ethyl adjacent to an activating group) is 1. The third kappa shape index (κ3) is 4.40. The van der Waals surface area contributed by atoms with Crippen LogP contribution in [0.5, 0.6) is 0 Å². The van der Waals surface area contributed by atoms with Crippen molar-refractivity contribution in [3.8, 4) is 0 Å². The molecule has 1 rings (SSSR count). The summed E-state index contributed by atoms with van der Waals surface area (Å²) in [6, 6.07) is 2.35. The van der Waals surface area contributed by atoms with E-state index < -0.39 is 0 Å². The van der Waals surface area contributed by atoms with Gasteiger partial charge in [0.2, 0.25) is 0 Å². The zero-order chi connectivity index (χ0) is 12.8. The first-order valence-corrected chi connectivity index (χ1v) is 6.07. The number of nitrogens with zero attached hydrogens (tertiary/aromatic N) is 2. The van der Waals surface area contributed by atoms with Crippen LogP contribution in [0, 0.1) is 6.92 Å². The quantitative estimate of drug-likeness (QED) is 0.818. The molecule has 1 heterocycles. The lowest BCUT2D eigenvalue weighted by atomic mass is 10.1. The molecular weight excluding hydrogens is 214 g/mol. The fourth-order valence-corrected chi connectivity index (χ4v) is 1.72. The molecule has 1 atom stereocenters. The van der Waals surface area contributed by atoms with Gasteiger partial charge in [-0.2, -0.15) is 0 Å². The van der Waals surface area contributed by atoms with Crippen molar-refractivity contribution in [3.05, 3.63) is 23.3 Å². The van der Waals surface area contributed by atoms with Crippen LogP contribution in [-0.2, 0) is 11.2 Å². The summed E-state index contributed by atoms with van der Waals surface area (Å²) in [6.45, 7) is 6.94. The van der Waals surface area contributed by atoms with Gasteiger partial charge in [-0.15, -0.1) is 0 Å². The molecule has 1 aromatic rings. The Morgan fingerprint density at radius 3 is 2.59 bits per heavy atom. The number of aryl methyl sites for hydroxylation is 1. The van der Waals surface area contributed by atoms with Gasteiger partial charge in [-0.05, 0) is 20.0 Å². The van der Waals surface area contributed by atoms with Crippen LogP contribution in [0.2, 0.25) is 0 Å². The molecular formula is C13H23N3O. The van der Waals surface area contributed by atoms with Crippen molar-refractivity contribution in [3.63, 3.8) is 0 Å². The van der Waals surface area contributed by atoms with E-state index in [1.165, 1.54) is 0 Å². The Morgan fingerprint density at radius 1 is 1.35 bits per heavy atom. The lowest BCUT2D eigenvalue weighted by Gasteiger charge is -2.15. The number of nitrogens with one attached hydrogen (secondary N) is 1. The average molecular weight is 237 g/mol. The summed E-state index contributed by atoms with van der Waals surface area (Å²) in [5.74, 6) is 1.29. The molecule has 0 amide bonds. The van der Waals surface area contributed by atoms with E-state index in [1.54, 1.807) is 7.11 Å². The van der Waals surface area contributed by atoms with E-state index in [4.69, 9.17) is 4.74 Å². The van der Waals surface area contributed by atoms with Crippen molar-refractivity contribution in [2.24, 2.45) is 0 Å². The van der Waals surface area contributed by atoms with Gasteiger partial charge in [-0.3, -0.25) is 0 Å². The van der Waals surface area contributed by atoms with Gasteiger partial charge in [0.15, 0.2) is 0 Å². The van der Waals surface area contributed by atoms with Gasteiger partial charge in [-0.25, -0.2) is 9.97 Å². The van der Waals surface area contributed by atoms with Crippen molar-refractivity contribution >= 4 is 0 Å². The van der Waals surface area contributed by atoms with Crippen molar-refractivity contribution in [1.29, 1.82) is 0 Å². The zero-order valence-corrected chi connectivity index (χ0v) is 11.4. The van der Waals surface area contributed by atoms with Crippen molar-refractivity contribution < 1.29 is 4.74 Å². The highest BCUT2D eigenvalue weighted by Gasteiger charge is 2.11. The lowest BCUT2D eigenvalue weighted by Crippen LogP contribution is -2.32. The number of rotatable bonds is 6.